The molecule has 0 bridgehead atoms. The zero-order chi connectivity index (χ0) is 17.5. The highest BCUT2D eigenvalue weighted by Gasteiger charge is 2.66. The van der Waals surface area contributed by atoms with Crippen LogP contribution in [-0.2, 0) is 19.1 Å². The lowest BCUT2D eigenvalue weighted by Gasteiger charge is -2.34. The first-order valence-electron chi connectivity index (χ1n) is 8.05. The van der Waals surface area contributed by atoms with Gasteiger partial charge >= 0.3 is 5.97 Å². The Labute approximate surface area is 140 Å². The summed E-state index contributed by atoms with van der Waals surface area (Å²) in [6.07, 6.45) is 2.10. The van der Waals surface area contributed by atoms with Gasteiger partial charge in [0, 0.05) is 6.21 Å². The van der Waals surface area contributed by atoms with E-state index in [2.05, 4.69) is 4.99 Å². The van der Waals surface area contributed by atoms with Crippen molar-refractivity contribution in [2.75, 3.05) is 12.0 Å². The van der Waals surface area contributed by atoms with E-state index in [1.54, 1.807) is 24.3 Å². The first kappa shape index (κ1) is 16.4. The predicted molar refractivity (Wildman–Crippen MR) is 88.6 cm³/mol. The third-order valence-corrected chi connectivity index (χ3v) is 5.16. The topological polar surface area (TPSA) is 76.0 Å². The van der Waals surface area contributed by atoms with Crippen LogP contribution >= 0.6 is 0 Å². The van der Waals surface area contributed by atoms with Crippen LogP contribution in [0.3, 0.4) is 0 Å². The number of methoxy groups -OCH3 is 1. The summed E-state index contributed by atoms with van der Waals surface area (Å²) >= 11 is 0. The Morgan fingerprint density at radius 1 is 1.29 bits per heavy atom. The Balaban J connectivity index is 2.08. The van der Waals surface area contributed by atoms with E-state index in [0.717, 1.165) is 0 Å². The second kappa shape index (κ2) is 5.85. The molecule has 1 aromatic carbocycles. The number of fused-ring (bicyclic) bond motifs is 1. The predicted octanol–water partition coefficient (Wildman–Crippen LogP) is 1.83. The molecule has 3 rings (SSSR count). The average Bonchev–Trinajstić information content (AvgIpc) is 3.12. The number of anilines is 1. The fourth-order valence-corrected chi connectivity index (χ4v) is 3.71. The molecule has 1 aromatic rings. The molecule has 2 aliphatic rings. The van der Waals surface area contributed by atoms with Crippen LogP contribution in [0.2, 0.25) is 0 Å². The minimum absolute atomic E-state index is 0.219. The van der Waals surface area contributed by atoms with Gasteiger partial charge in [-0.25, -0.2) is 9.69 Å². The Bertz CT molecular complexity index is 715. The minimum atomic E-state index is -1.33. The van der Waals surface area contributed by atoms with E-state index in [1.165, 1.54) is 18.2 Å². The molecule has 1 unspecified atom stereocenters. The van der Waals surface area contributed by atoms with Gasteiger partial charge < -0.3 is 4.74 Å². The number of amides is 2. The molecule has 0 N–H and O–H groups in total. The van der Waals surface area contributed by atoms with Crippen molar-refractivity contribution >= 4 is 29.7 Å². The SMILES string of the molecule is CCC(C)[C@@]1(C(=O)OC)N=C[C@@H]2C(=O)N(c3ccccc3)C(=O)[C@@H]21. The molecule has 4 atom stereocenters. The lowest BCUT2D eigenvalue weighted by Crippen LogP contribution is -2.52. The molecule has 126 valence electrons. The Hall–Kier alpha value is -2.50. The number of rotatable bonds is 4. The van der Waals surface area contributed by atoms with E-state index in [4.69, 9.17) is 4.74 Å². The fourth-order valence-electron chi connectivity index (χ4n) is 3.71. The van der Waals surface area contributed by atoms with E-state index < -0.39 is 23.3 Å². The third kappa shape index (κ3) is 2.02. The van der Waals surface area contributed by atoms with E-state index in [0.29, 0.717) is 12.1 Å². The minimum Gasteiger partial charge on any atom is -0.467 e. The van der Waals surface area contributed by atoms with Gasteiger partial charge in [-0.3, -0.25) is 14.6 Å². The van der Waals surface area contributed by atoms with E-state index >= 15 is 0 Å². The average molecular weight is 328 g/mol. The van der Waals surface area contributed by atoms with Crippen LogP contribution in [0.15, 0.2) is 35.3 Å². The van der Waals surface area contributed by atoms with E-state index in [9.17, 15) is 14.4 Å². The summed E-state index contributed by atoms with van der Waals surface area (Å²) in [4.78, 5) is 43.9. The largest absolute Gasteiger partial charge is 0.467 e. The highest BCUT2D eigenvalue weighted by molar-refractivity contribution is 6.28. The molecule has 2 heterocycles. The number of hydrogen-bond donors (Lipinski definition) is 0. The molecule has 2 aliphatic heterocycles. The Kier molecular flexibility index (Phi) is 3.99. The normalized spacial score (nSPS) is 29.7. The van der Waals surface area contributed by atoms with Crippen LogP contribution in [0.25, 0.3) is 0 Å². The molecule has 24 heavy (non-hydrogen) atoms. The third-order valence-electron chi connectivity index (χ3n) is 5.16. The fraction of sp³-hybridized carbons (Fsp3) is 0.444. The van der Waals surface area contributed by atoms with Crippen molar-refractivity contribution in [1.82, 2.24) is 0 Å². The molecular formula is C18H20N2O4. The molecule has 6 heteroatoms. The van der Waals surface area contributed by atoms with Crippen LogP contribution in [-0.4, -0.2) is 36.6 Å². The van der Waals surface area contributed by atoms with Crippen molar-refractivity contribution in [3.05, 3.63) is 30.3 Å². The number of nitrogens with zero attached hydrogens (tertiary/aromatic N) is 2. The van der Waals surface area contributed by atoms with Gasteiger partial charge in [-0.05, 0) is 18.1 Å². The molecule has 1 fully saturated rings. The number of ether oxygens (including phenoxy) is 1. The van der Waals surface area contributed by atoms with Crippen LogP contribution in [0, 0.1) is 17.8 Å². The smallest absolute Gasteiger partial charge is 0.334 e. The number of aliphatic imine (C=N–C) groups is 1. The zero-order valence-corrected chi connectivity index (χ0v) is 13.9. The first-order valence-corrected chi connectivity index (χ1v) is 8.05. The molecule has 0 radical (unpaired) electrons. The second-order valence-electron chi connectivity index (χ2n) is 6.26. The standard InChI is InChI=1S/C18H20N2O4/c1-4-11(2)18(17(23)24-3)14-13(10-19-18)15(21)20(16(14)22)12-8-6-5-7-9-12/h5-11,13-14H,4H2,1-3H3/t11?,13-,14+,18+/m0/s1. The van der Waals surface area contributed by atoms with E-state index in [1.807, 2.05) is 19.9 Å². The molecule has 0 saturated carbocycles. The van der Waals surface area contributed by atoms with Gasteiger partial charge in [0.15, 0.2) is 5.54 Å². The van der Waals surface area contributed by atoms with Gasteiger partial charge in [-0.15, -0.1) is 0 Å². The quantitative estimate of drug-likeness (QED) is 0.624. The van der Waals surface area contributed by atoms with Crippen molar-refractivity contribution < 1.29 is 19.1 Å². The molecule has 0 spiro atoms. The summed E-state index contributed by atoms with van der Waals surface area (Å²) in [7, 11) is 1.28. The van der Waals surface area contributed by atoms with E-state index in [-0.39, 0.29) is 17.7 Å². The molecule has 2 amide bonds. The Morgan fingerprint density at radius 2 is 1.96 bits per heavy atom. The van der Waals surface area contributed by atoms with Crippen molar-refractivity contribution in [3.8, 4) is 0 Å². The maximum atomic E-state index is 13.1. The summed E-state index contributed by atoms with van der Waals surface area (Å²) in [5.41, 5.74) is -0.817. The Morgan fingerprint density at radius 3 is 2.54 bits per heavy atom. The first-order chi connectivity index (χ1) is 11.5. The van der Waals surface area contributed by atoms with Crippen molar-refractivity contribution in [3.63, 3.8) is 0 Å². The maximum Gasteiger partial charge on any atom is 0.334 e. The van der Waals surface area contributed by atoms with Gasteiger partial charge in [0.25, 0.3) is 0 Å². The van der Waals surface area contributed by atoms with Crippen molar-refractivity contribution in [1.29, 1.82) is 0 Å². The molecular weight excluding hydrogens is 308 g/mol. The van der Waals surface area contributed by atoms with Crippen LogP contribution < -0.4 is 4.90 Å². The number of benzene rings is 1. The number of esters is 1. The molecule has 6 nitrogen and oxygen atoms in total. The van der Waals surface area contributed by atoms with Gasteiger partial charge in [0.1, 0.15) is 0 Å². The monoisotopic (exact) mass is 328 g/mol. The van der Waals surface area contributed by atoms with Crippen molar-refractivity contribution in [2.45, 2.75) is 25.8 Å². The van der Waals surface area contributed by atoms with Gasteiger partial charge in [0.2, 0.25) is 11.8 Å². The summed E-state index contributed by atoms with van der Waals surface area (Å²) in [5.74, 6) is -3.06. The highest BCUT2D eigenvalue weighted by atomic mass is 16.5. The molecule has 1 saturated heterocycles. The number of carbonyl (C=O) groups excluding carboxylic acids is 3. The van der Waals surface area contributed by atoms with Crippen LogP contribution in [0.5, 0.6) is 0 Å². The lowest BCUT2D eigenvalue weighted by molar-refractivity contribution is -0.153. The maximum absolute atomic E-state index is 13.1. The van der Waals surface area contributed by atoms with Crippen molar-refractivity contribution in [2.24, 2.45) is 22.7 Å². The highest BCUT2D eigenvalue weighted by Crippen LogP contribution is 2.47. The molecule has 0 aromatic heterocycles. The van der Waals surface area contributed by atoms with Gasteiger partial charge in [-0.2, -0.15) is 0 Å². The number of hydrogen-bond acceptors (Lipinski definition) is 5. The lowest BCUT2D eigenvalue weighted by atomic mass is 9.72. The number of para-hydroxylation sites is 1. The second-order valence-corrected chi connectivity index (χ2v) is 6.26. The summed E-state index contributed by atoms with van der Waals surface area (Å²) in [5, 5.41) is 0. The van der Waals surface area contributed by atoms with Crippen LogP contribution in [0.4, 0.5) is 5.69 Å². The van der Waals surface area contributed by atoms with Gasteiger partial charge in [-0.1, -0.05) is 38.5 Å². The van der Waals surface area contributed by atoms with Crippen LogP contribution in [0.1, 0.15) is 20.3 Å². The number of carbonyl (C=O) groups is 3. The zero-order valence-electron chi connectivity index (χ0n) is 13.9. The summed E-state index contributed by atoms with van der Waals surface area (Å²) in [6, 6.07) is 8.75. The summed E-state index contributed by atoms with van der Waals surface area (Å²) < 4.78 is 4.96. The molecule has 0 aliphatic carbocycles. The summed E-state index contributed by atoms with van der Waals surface area (Å²) in [6.45, 7) is 3.79. The van der Waals surface area contributed by atoms with Gasteiger partial charge in [0.05, 0.1) is 24.6 Å². The number of imide groups is 1.